The molecule has 0 aliphatic heterocycles. The molecule has 0 unspecified atom stereocenters. The Hall–Kier alpha value is -1.40. The normalized spacial score (nSPS) is 16.5. The van der Waals surface area contributed by atoms with Gasteiger partial charge in [0.15, 0.2) is 0 Å². The molecule has 2 rings (SSSR count). The molecule has 128 valence electrons. The van der Waals surface area contributed by atoms with E-state index in [4.69, 9.17) is 5.11 Å². The highest BCUT2D eigenvalue weighted by Gasteiger charge is 2.27. The molecule has 1 aromatic carbocycles. The fourth-order valence-corrected chi connectivity index (χ4v) is 4.51. The van der Waals surface area contributed by atoms with Crippen molar-refractivity contribution in [1.82, 2.24) is 4.72 Å². The van der Waals surface area contributed by atoms with Crippen molar-refractivity contribution in [2.45, 2.75) is 45.6 Å². The van der Waals surface area contributed by atoms with Gasteiger partial charge in [0.1, 0.15) is 6.04 Å². The Morgan fingerprint density at radius 3 is 2.30 bits per heavy atom. The number of hydrogen-bond acceptors (Lipinski definition) is 3. The summed E-state index contributed by atoms with van der Waals surface area (Å²) in [6.07, 6.45) is 2.65. The zero-order valence-corrected chi connectivity index (χ0v) is 14.5. The van der Waals surface area contributed by atoms with E-state index in [1.165, 1.54) is 11.1 Å². The molecule has 0 amide bonds. The van der Waals surface area contributed by atoms with Gasteiger partial charge in [-0.15, -0.1) is 0 Å². The number of benzene rings is 1. The number of carbonyl (C=O) groups is 1. The first-order valence-electron chi connectivity index (χ1n) is 8.06. The van der Waals surface area contributed by atoms with E-state index in [-0.39, 0.29) is 11.7 Å². The van der Waals surface area contributed by atoms with Gasteiger partial charge in [-0.1, -0.05) is 38.1 Å². The second-order valence-corrected chi connectivity index (χ2v) is 8.66. The van der Waals surface area contributed by atoms with Crippen molar-refractivity contribution in [3.8, 4) is 0 Å². The van der Waals surface area contributed by atoms with Gasteiger partial charge in [-0.05, 0) is 48.6 Å². The quantitative estimate of drug-likeness (QED) is 0.760. The lowest BCUT2D eigenvalue weighted by molar-refractivity contribution is -0.139. The van der Waals surface area contributed by atoms with E-state index < -0.39 is 22.0 Å². The van der Waals surface area contributed by atoms with Gasteiger partial charge in [0.05, 0.1) is 5.75 Å². The third-order valence-corrected chi connectivity index (χ3v) is 5.67. The van der Waals surface area contributed by atoms with Gasteiger partial charge in [0.25, 0.3) is 0 Å². The summed E-state index contributed by atoms with van der Waals surface area (Å²) in [5.74, 6) is -0.705. The second-order valence-electron chi connectivity index (χ2n) is 6.79. The van der Waals surface area contributed by atoms with Crippen molar-refractivity contribution in [3.63, 3.8) is 0 Å². The Kier molecular flexibility index (Phi) is 5.81. The maximum atomic E-state index is 12.2. The van der Waals surface area contributed by atoms with Crippen molar-refractivity contribution >= 4 is 16.0 Å². The van der Waals surface area contributed by atoms with Crippen molar-refractivity contribution < 1.29 is 18.3 Å². The van der Waals surface area contributed by atoms with Crippen molar-refractivity contribution in [2.24, 2.45) is 11.8 Å². The van der Waals surface area contributed by atoms with Crippen LogP contribution in [0, 0.1) is 11.8 Å². The molecule has 0 bridgehead atoms. The number of carboxylic acids is 1. The van der Waals surface area contributed by atoms with Crippen molar-refractivity contribution in [2.75, 3.05) is 5.75 Å². The van der Waals surface area contributed by atoms with Crippen LogP contribution in [-0.4, -0.2) is 31.3 Å². The van der Waals surface area contributed by atoms with E-state index in [0.29, 0.717) is 18.8 Å². The number of rotatable bonds is 8. The van der Waals surface area contributed by atoms with Crippen LogP contribution in [-0.2, 0) is 27.7 Å². The molecule has 1 atom stereocenters. The Morgan fingerprint density at radius 1 is 1.26 bits per heavy atom. The fraction of sp³-hybridized carbons (Fsp3) is 0.588. The molecule has 0 radical (unpaired) electrons. The van der Waals surface area contributed by atoms with Gasteiger partial charge in [-0.2, -0.15) is 0 Å². The standard InChI is InChI=1S/C17H25NO4S/c1-12(2)9-16(17(19)20)18-23(21,22)8-7-13-10-14-5-3-4-6-15(14)11-13/h3-6,12-13,16,18H,7-11H2,1-2H3,(H,19,20)/t16-/m0/s1. The number of hydrogen-bond donors (Lipinski definition) is 2. The summed E-state index contributed by atoms with van der Waals surface area (Å²) in [7, 11) is -3.58. The fourth-order valence-electron chi connectivity index (χ4n) is 3.12. The van der Waals surface area contributed by atoms with Crippen LogP contribution in [0.25, 0.3) is 0 Å². The van der Waals surface area contributed by atoms with Crippen LogP contribution < -0.4 is 4.72 Å². The summed E-state index contributed by atoms with van der Waals surface area (Å²) in [6.45, 7) is 3.75. The summed E-state index contributed by atoms with van der Waals surface area (Å²) in [5.41, 5.74) is 2.59. The van der Waals surface area contributed by atoms with Crippen molar-refractivity contribution in [1.29, 1.82) is 0 Å². The van der Waals surface area contributed by atoms with Crippen LogP contribution in [0.3, 0.4) is 0 Å². The molecule has 0 saturated heterocycles. The van der Waals surface area contributed by atoms with Crippen molar-refractivity contribution in [3.05, 3.63) is 35.4 Å². The molecule has 1 aromatic rings. The smallest absolute Gasteiger partial charge is 0.321 e. The number of aliphatic carboxylic acids is 1. The van der Waals surface area contributed by atoms with Gasteiger partial charge >= 0.3 is 5.97 Å². The van der Waals surface area contributed by atoms with E-state index in [9.17, 15) is 13.2 Å². The summed E-state index contributed by atoms with van der Waals surface area (Å²) in [5, 5.41) is 9.16. The van der Waals surface area contributed by atoms with Gasteiger partial charge < -0.3 is 5.11 Å². The molecule has 5 nitrogen and oxygen atoms in total. The predicted molar refractivity (Wildman–Crippen MR) is 89.8 cm³/mol. The highest BCUT2D eigenvalue weighted by Crippen LogP contribution is 2.28. The summed E-state index contributed by atoms with van der Waals surface area (Å²) < 4.78 is 26.7. The maximum Gasteiger partial charge on any atom is 0.321 e. The molecular formula is C17H25NO4S. The lowest BCUT2D eigenvalue weighted by Crippen LogP contribution is -2.42. The van der Waals surface area contributed by atoms with E-state index in [0.717, 1.165) is 12.8 Å². The highest BCUT2D eigenvalue weighted by molar-refractivity contribution is 7.89. The molecule has 23 heavy (non-hydrogen) atoms. The largest absolute Gasteiger partial charge is 0.480 e. The molecule has 1 aliphatic carbocycles. The first-order valence-corrected chi connectivity index (χ1v) is 9.71. The first-order chi connectivity index (χ1) is 10.8. The number of sulfonamides is 1. The average molecular weight is 339 g/mol. The molecule has 0 fully saturated rings. The van der Waals surface area contributed by atoms with Crippen LogP contribution in [0.15, 0.2) is 24.3 Å². The van der Waals surface area contributed by atoms with Crippen LogP contribution in [0.4, 0.5) is 0 Å². The topological polar surface area (TPSA) is 83.5 Å². The minimum absolute atomic E-state index is 0.0203. The minimum atomic E-state index is -3.58. The molecule has 0 spiro atoms. The minimum Gasteiger partial charge on any atom is -0.480 e. The SMILES string of the molecule is CC(C)C[C@H](NS(=O)(=O)CCC1Cc2ccccc2C1)C(=O)O. The lowest BCUT2D eigenvalue weighted by atomic mass is 10.0. The molecular weight excluding hydrogens is 314 g/mol. The zero-order chi connectivity index (χ0) is 17.0. The molecule has 0 heterocycles. The third-order valence-electron chi connectivity index (χ3n) is 4.26. The summed E-state index contributed by atoms with van der Waals surface area (Å²) >= 11 is 0. The van der Waals surface area contributed by atoms with Crippen LogP contribution >= 0.6 is 0 Å². The Balaban J connectivity index is 1.88. The third kappa shape index (κ3) is 5.32. The number of carboxylic acid groups (broad SMARTS) is 1. The van der Waals surface area contributed by atoms with E-state index in [2.05, 4.69) is 16.9 Å². The van der Waals surface area contributed by atoms with E-state index in [1.54, 1.807) is 0 Å². The Morgan fingerprint density at radius 2 is 1.83 bits per heavy atom. The zero-order valence-electron chi connectivity index (χ0n) is 13.7. The maximum absolute atomic E-state index is 12.2. The van der Waals surface area contributed by atoms with Crippen LogP contribution in [0.5, 0.6) is 0 Å². The van der Waals surface area contributed by atoms with Gasteiger partial charge in [0, 0.05) is 0 Å². The second kappa shape index (κ2) is 7.45. The van der Waals surface area contributed by atoms with E-state index in [1.807, 2.05) is 26.0 Å². The monoisotopic (exact) mass is 339 g/mol. The molecule has 0 saturated carbocycles. The lowest BCUT2D eigenvalue weighted by Gasteiger charge is -2.17. The average Bonchev–Trinajstić information content (AvgIpc) is 2.86. The first kappa shape index (κ1) is 17.9. The van der Waals surface area contributed by atoms with E-state index >= 15 is 0 Å². The number of nitrogens with one attached hydrogen (secondary N) is 1. The predicted octanol–water partition coefficient (Wildman–Crippen LogP) is 2.21. The van der Waals surface area contributed by atoms with Gasteiger partial charge in [0.2, 0.25) is 10.0 Å². The number of fused-ring (bicyclic) bond motifs is 1. The summed E-state index contributed by atoms with van der Waals surface area (Å²) in [6, 6.07) is 7.14. The Labute approximate surface area is 138 Å². The van der Waals surface area contributed by atoms with Gasteiger partial charge in [-0.3, -0.25) is 4.79 Å². The molecule has 6 heteroatoms. The van der Waals surface area contributed by atoms with Crippen LogP contribution in [0.1, 0.15) is 37.8 Å². The Bertz CT molecular complexity index is 629. The van der Waals surface area contributed by atoms with Gasteiger partial charge in [-0.25, -0.2) is 13.1 Å². The summed E-state index contributed by atoms with van der Waals surface area (Å²) in [4.78, 5) is 11.2. The molecule has 1 aliphatic rings. The molecule has 2 N–H and O–H groups in total. The highest BCUT2D eigenvalue weighted by atomic mass is 32.2. The van der Waals surface area contributed by atoms with Crippen LogP contribution in [0.2, 0.25) is 0 Å². The molecule has 0 aromatic heterocycles.